The summed E-state index contributed by atoms with van der Waals surface area (Å²) in [7, 11) is 0. The molecule has 1 unspecified atom stereocenters. The molecule has 2 N–H and O–H groups in total. The van der Waals surface area contributed by atoms with Crippen molar-refractivity contribution in [3.63, 3.8) is 0 Å². The Hall–Kier alpha value is -1.11. The van der Waals surface area contributed by atoms with E-state index in [-0.39, 0.29) is 6.04 Å². The summed E-state index contributed by atoms with van der Waals surface area (Å²) in [6.07, 6.45) is -0.779. The summed E-state index contributed by atoms with van der Waals surface area (Å²) in [4.78, 5) is 3.44. The number of halogens is 3. The number of H-pyrrole nitrogens is 1. The average molecular weight is 234 g/mol. The third-order valence-corrected chi connectivity index (χ3v) is 2.64. The number of rotatable bonds is 2. The maximum Gasteiger partial charge on any atom is 0.453 e. The van der Waals surface area contributed by atoms with Crippen molar-refractivity contribution in [2.45, 2.75) is 37.9 Å². The minimum absolute atomic E-state index is 0.211. The fraction of sp³-hybridized carbons (Fsp3) is 0.778. The van der Waals surface area contributed by atoms with Crippen LogP contribution in [0.3, 0.4) is 0 Å². The van der Waals surface area contributed by atoms with Crippen LogP contribution in [-0.4, -0.2) is 27.8 Å². The number of hydrogen-bond acceptors (Lipinski definition) is 3. The van der Waals surface area contributed by atoms with Gasteiger partial charge in [-0.1, -0.05) is 6.42 Å². The van der Waals surface area contributed by atoms with Gasteiger partial charge in [-0.15, -0.1) is 5.10 Å². The van der Waals surface area contributed by atoms with Crippen LogP contribution in [0.2, 0.25) is 0 Å². The van der Waals surface area contributed by atoms with Crippen molar-refractivity contribution >= 4 is 0 Å². The molecule has 0 amide bonds. The van der Waals surface area contributed by atoms with E-state index in [2.05, 4.69) is 20.5 Å². The standard InChI is InChI=1S/C9H13F3N4/c10-9(11,12)8-14-7(15-16-8)5-6-3-1-2-4-13-6/h6,13H,1-5H2,(H,14,15,16). The summed E-state index contributed by atoms with van der Waals surface area (Å²) in [6, 6.07) is 0.211. The van der Waals surface area contributed by atoms with Crippen LogP contribution >= 0.6 is 0 Å². The van der Waals surface area contributed by atoms with E-state index in [1.54, 1.807) is 0 Å². The van der Waals surface area contributed by atoms with Gasteiger partial charge in [-0.25, -0.2) is 4.98 Å². The van der Waals surface area contributed by atoms with Crippen LogP contribution in [-0.2, 0) is 12.6 Å². The molecule has 1 aliphatic heterocycles. The van der Waals surface area contributed by atoms with Crippen LogP contribution < -0.4 is 5.32 Å². The van der Waals surface area contributed by atoms with Crippen molar-refractivity contribution < 1.29 is 13.2 Å². The van der Waals surface area contributed by atoms with Gasteiger partial charge in [0, 0.05) is 12.5 Å². The largest absolute Gasteiger partial charge is 0.453 e. The fourth-order valence-electron chi connectivity index (χ4n) is 1.84. The van der Waals surface area contributed by atoms with Gasteiger partial charge in [0.25, 0.3) is 5.82 Å². The number of aromatic amines is 1. The first kappa shape index (κ1) is 11.4. The van der Waals surface area contributed by atoms with Crippen molar-refractivity contribution in [3.05, 3.63) is 11.6 Å². The number of nitrogens with one attached hydrogen (secondary N) is 2. The summed E-state index contributed by atoms with van der Waals surface area (Å²) in [5, 5.41) is 8.75. The molecule has 1 atom stereocenters. The summed E-state index contributed by atoms with van der Waals surface area (Å²) in [5.41, 5.74) is 0. The molecule has 90 valence electrons. The molecule has 16 heavy (non-hydrogen) atoms. The van der Waals surface area contributed by atoms with Crippen molar-refractivity contribution in [2.24, 2.45) is 0 Å². The third kappa shape index (κ3) is 2.72. The lowest BCUT2D eigenvalue weighted by Crippen LogP contribution is -2.35. The summed E-state index contributed by atoms with van der Waals surface area (Å²) >= 11 is 0. The lowest BCUT2D eigenvalue weighted by molar-refractivity contribution is -0.144. The summed E-state index contributed by atoms with van der Waals surface area (Å²) < 4.78 is 36.7. The molecular weight excluding hydrogens is 221 g/mol. The smallest absolute Gasteiger partial charge is 0.314 e. The molecule has 0 aromatic carbocycles. The molecule has 4 nitrogen and oxygen atoms in total. The van der Waals surface area contributed by atoms with Gasteiger partial charge in [-0.3, -0.25) is 5.10 Å². The molecule has 0 saturated carbocycles. The highest BCUT2D eigenvalue weighted by atomic mass is 19.4. The number of hydrogen-bond donors (Lipinski definition) is 2. The molecule has 0 radical (unpaired) electrons. The summed E-state index contributed by atoms with van der Waals surface area (Å²) in [6.45, 7) is 0.922. The zero-order valence-corrected chi connectivity index (χ0v) is 8.64. The Balaban J connectivity index is 1.97. The first-order valence-electron chi connectivity index (χ1n) is 5.27. The average Bonchev–Trinajstić information content (AvgIpc) is 2.67. The second-order valence-electron chi connectivity index (χ2n) is 3.95. The monoisotopic (exact) mass is 234 g/mol. The van der Waals surface area contributed by atoms with E-state index in [0.717, 1.165) is 25.8 Å². The van der Waals surface area contributed by atoms with Gasteiger partial charge in [0.1, 0.15) is 5.82 Å². The van der Waals surface area contributed by atoms with Gasteiger partial charge in [0.15, 0.2) is 0 Å². The molecule has 0 bridgehead atoms. The second-order valence-corrected chi connectivity index (χ2v) is 3.95. The van der Waals surface area contributed by atoms with Crippen LogP contribution in [0.1, 0.15) is 30.9 Å². The lowest BCUT2D eigenvalue weighted by atomic mass is 10.0. The van der Waals surface area contributed by atoms with E-state index in [0.29, 0.717) is 12.2 Å². The Bertz CT molecular complexity index is 341. The SMILES string of the molecule is FC(F)(F)c1n[nH]c(CC2CCCCN2)n1. The van der Waals surface area contributed by atoms with Gasteiger partial charge in [-0.2, -0.15) is 13.2 Å². The number of aromatic nitrogens is 3. The van der Waals surface area contributed by atoms with Gasteiger partial charge < -0.3 is 5.32 Å². The molecule has 1 aliphatic rings. The molecular formula is C9H13F3N4. The Labute approximate surface area is 90.6 Å². The van der Waals surface area contributed by atoms with Gasteiger partial charge in [0.2, 0.25) is 0 Å². The first-order chi connectivity index (χ1) is 7.55. The van der Waals surface area contributed by atoms with Crippen LogP contribution in [0.25, 0.3) is 0 Å². The van der Waals surface area contributed by atoms with Crippen molar-refractivity contribution in [2.75, 3.05) is 6.54 Å². The molecule has 0 aliphatic carbocycles. The molecule has 2 heterocycles. The van der Waals surface area contributed by atoms with E-state index in [4.69, 9.17) is 0 Å². The Morgan fingerprint density at radius 3 is 2.69 bits per heavy atom. The predicted octanol–water partition coefficient (Wildman–Crippen LogP) is 1.51. The van der Waals surface area contributed by atoms with Gasteiger partial charge >= 0.3 is 6.18 Å². The summed E-state index contributed by atoms with van der Waals surface area (Å²) in [5.74, 6) is -0.787. The Morgan fingerprint density at radius 2 is 2.12 bits per heavy atom. The molecule has 1 fully saturated rings. The zero-order chi connectivity index (χ0) is 11.6. The van der Waals surface area contributed by atoms with E-state index in [1.807, 2.05) is 0 Å². The van der Waals surface area contributed by atoms with Gasteiger partial charge in [0.05, 0.1) is 0 Å². The molecule has 1 aromatic heterocycles. The third-order valence-electron chi connectivity index (χ3n) is 2.64. The zero-order valence-electron chi connectivity index (χ0n) is 8.64. The minimum Gasteiger partial charge on any atom is -0.314 e. The number of piperidine rings is 1. The van der Waals surface area contributed by atoms with Crippen LogP contribution in [0.4, 0.5) is 13.2 Å². The maximum absolute atomic E-state index is 12.2. The Morgan fingerprint density at radius 1 is 1.31 bits per heavy atom. The maximum atomic E-state index is 12.2. The van der Waals surface area contributed by atoms with Crippen LogP contribution in [0.5, 0.6) is 0 Å². The first-order valence-corrected chi connectivity index (χ1v) is 5.27. The quantitative estimate of drug-likeness (QED) is 0.815. The fourth-order valence-corrected chi connectivity index (χ4v) is 1.84. The van der Waals surface area contributed by atoms with Crippen LogP contribution in [0, 0.1) is 0 Å². The molecule has 1 aromatic rings. The highest BCUT2D eigenvalue weighted by molar-refractivity contribution is 4.96. The van der Waals surface area contributed by atoms with E-state index >= 15 is 0 Å². The molecule has 7 heteroatoms. The van der Waals surface area contributed by atoms with E-state index < -0.39 is 12.0 Å². The molecule has 0 spiro atoms. The Kier molecular flexibility index (Phi) is 3.13. The minimum atomic E-state index is -4.46. The van der Waals surface area contributed by atoms with E-state index in [1.165, 1.54) is 0 Å². The second kappa shape index (κ2) is 4.40. The van der Waals surface area contributed by atoms with E-state index in [9.17, 15) is 13.2 Å². The molecule has 1 saturated heterocycles. The normalized spacial score (nSPS) is 22.3. The predicted molar refractivity (Wildman–Crippen MR) is 50.7 cm³/mol. The highest BCUT2D eigenvalue weighted by Gasteiger charge is 2.36. The number of nitrogens with zero attached hydrogens (tertiary/aromatic N) is 2. The lowest BCUT2D eigenvalue weighted by Gasteiger charge is -2.22. The van der Waals surface area contributed by atoms with Crippen LogP contribution in [0.15, 0.2) is 0 Å². The topological polar surface area (TPSA) is 53.6 Å². The number of alkyl halides is 3. The van der Waals surface area contributed by atoms with Crippen molar-refractivity contribution in [1.82, 2.24) is 20.5 Å². The van der Waals surface area contributed by atoms with Crippen molar-refractivity contribution in [1.29, 1.82) is 0 Å². The highest BCUT2D eigenvalue weighted by Crippen LogP contribution is 2.25. The van der Waals surface area contributed by atoms with Gasteiger partial charge in [-0.05, 0) is 19.4 Å². The molecule has 2 rings (SSSR count). The van der Waals surface area contributed by atoms with Crippen molar-refractivity contribution in [3.8, 4) is 0 Å².